The predicted molar refractivity (Wildman–Crippen MR) is 79.5 cm³/mol. The Hall–Kier alpha value is -1.63. The molecule has 0 saturated heterocycles. The van der Waals surface area contributed by atoms with Gasteiger partial charge in [-0.1, -0.05) is 27.7 Å². The van der Waals surface area contributed by atoms with Gasteiger partial charge in [0.15, 0.2) is 4.90 Å². The van der Waals surface area contributed by atoms with Crippen LogP contribution in [0.3, 0.4) is 0 Å². The molecule has 0 heterocycles. The lowest BCUT2D eigenvalue weighted by Gasteiger charge is -2.19. The van der Waals surface area contributed by atoms with Gasteiger partial charge in [-0.15, -0.1) is 11.8 Å². The summed E-state index contributed by atoms with van der Waals surface area (Å²) in [5.41, 5.74) is -0.148. The number of thioether (sulfide) groups is 1. The molecule has 0 aliphatic heterocycles. The van der Waals surface area contributed by atoms with E-state index in [1.807, 2.05) is 27.7 Å². The first-order chi connectivity index (χ1) is 9.18. The monoisotopic (exact) mass is 298 g/mol. The lowest BCUT2D eigenvalue weighted by molar-refractivity contribution is -0.399. The number of nitro benzene ring substituents is 2. The van der Waals surface area contributed by atoms with Crippen LogP contribution in [-0.4, -0.2) is 15.6 Å². The van der Waals surface area contributed by atoms with E-state index in [1.54, 1.807) is 0 Å². The van der Waals surface area contributed by atoms with E-state index in [9.17, 15) is 20.2 Å². The number of benzene rings is 1. The molecule has 0 aliphatic rings. The van der Waals surface area contributed by atoms with E-state index in [2.05, 4.69) is 0 Å². The van der Waals surface area contributed by atoms with Gasteiger partial charge < -0.3 is 0 Å². The smallest absolute Gasteiger partial charge is 0.258 e. The molecule has 110 valence electrons. The summed E-state index contributed by atoms with van der Waals surface area (Å²) in [6, 6.07) is 2.90. The molecule has 0 unspecified atom stereocenters. The van der Waals surface area contributed by atoms with E-state index in [0.29, 0.717) is 11.3 Å². The molecule has 0 aliphatic carbocycles. The lowest BCUT2D eigenvalue weighted by Crippen LogP contribution is -2.12. The summed E-state index contributed by atoms with van der Waals surface area (Å²) in [6.07, 6.45) is 0.792. The van der Waals surface area contributed by atoms with Crippen LogP contribution in [0.4, 0.5) is 11.4 Å². The van der Waals surface area contributed by atoms with Crippen molar-refractivity contribution in [2.45, 2.75) is 44.4 Å². The molecule has 0 fully saturated rings. The first-order valence-corrected chi connectivity index (χ1v) is 7.27. The zero-order valence-electron chi connectivity index (χ0n) is 12.0. The molecule has 0 atom stereocenters. The third-order valence-electron chi connectivity index (χ3n) is 2.76. The van der Waals surface area contributed by atoms with E-state index in [-0.39, 0.29) is 21.7 Å². The molecular formula is C13H18N2O4S. The Morgan fingerprint density at radius 3 is 1.85 bits per heavy atom. The highest BCUT2D eigenvalue weighted by Crippen LogP contribution is 2.41. The standard InChI is InChI=1S/C13H18N2O4S/c1-5-6-20-12-10(14(16)17)7-9(13(2,3)4)8-11(12)15(18)19/h7-8H,5-6H2,1-4H3. The summed E-state index contributed by atoms with van der Waals surface area (Å²) in [6.45, 7) is 7.53. The Morgan fingerprint density at radius 1 is 1.10 bits per heavy atom. The molecule has 0 aromatic heterocycles. The van der Waals surface area contributed by atoms with Crippen LogP contribution < -0.4 is 0 Å². The Labute approximate surface area is 121 Å². The van der Waals surface area contributed by atoms with Crippen LogP contribution in [0.15, 0.2) is 17.0 Å². The topological polar surface area (TPSA) is 86.3 Å². The van der Waals surface area contributed by atoms with Gasteiger partial charge in [-0.25, -0.2) is 0 Å². The maximum Gasteiger partial charge on any atom is 0.290 e. The van der Waals surface area contributed by atoms with Crippen molar-refractivity contribution in [1.29, 1.82) is 0 Å². The molecule has 0 spiro atoms. The summed E-state index contributed by atoms with van der Waals surface area (Å²) in [4.78, 5) is 21.5. The molecule has 1 aromatic carbocycles. The normalized spacial score (nSPS) is 11.4. The minimum absolute atomic E-state index is 0.148. The highest BCUT2D eigenvalue weighted by atomic mass is 32.2. The molecule has 0 N–H and O–H groups in total. The van der Waals surface area contributed by atoms with Gasteiger partial charge in [-0.3, -0.25) is 20.2 Å². The maximum atomic E-state index is 11.2. The molecular weight excluding hydrogens is 280 g/mol. The van der Waals surface area contributed by atoms with Gasteiger partial charge in [0.05, 0.1) is 9.85 Å². The molecule has 20 heavy (non-hydrogen) atoms. The van der Waals surface area contributed by atoms with Gasteiger partial charge in [0.25, 0.3) is 11.4 Å². The minimum Gasteiger partial charge on any atom is -0.258 e. The minimum atomic E-state index is -0.541. The van der Waals surface area contributed by atoms with Crippen LogP contribution >= 0.6 is 11.8 Å². The Kier molecular flexibility index (Phi) is 5.10. The molecule has 1 rings (SSSR count). The van der Waals surface area contributed by atoms with Crippen LogP contribution in [0.2, 0.25) is 0 Å². The van der Waals surface area contributed by atoms with E-state index >= 15 is 0 Å². The second-order valence-electron chi connectivity index (χ2n) is 5.46. The van der Waals surface area contributed by atoms with Gasteiger partial charge in [0, 0.05) is 12.1 Å². The average molecular weight is 298 g/mol. The largest absolute Gasteiger partial charge is 0.290 e. The fraction of sp³-hybridized carbons (Fsp3) is 0.538. The summed E-state index contributed by atoms with van der Waals surface area (Å²) in [5, 5.41) is 22.4. The van der Waals surface area contributed by atoms with E-state index < -0.39 is 9.85 Å². The van der Waals surface area contributed by atoms with Gasteiger partial charge in [0.2, 0.25) is 0 Å². The molecule has 1 aromatic rings. The van der Waals surface area contributed by atoms with Gasteiger partial charge in [0.1, 0.15) is 0 Å². The van der Waals surface area contributed by atoms with Crippen molar-refractivity contribution in [3.8, 4) is 0 Å². The van der Waals surface area contributed by atoms with Gasteiger partial charge in [-0.2, -0.15) is 0 Å². The SMILES string of the molecule is CCCSc1c([N+](=O)[O-])cc(C(C)(C)C)cc1[N+](=O)[O-]. The number of hydrogen-bond acceptors (Lipinski definition) is 5. The first-order valence-electron chi connectivity index (χ1n) is 6.28. The van der Waals surface area contributed by atoms with Crippen molar-refractivity contribution in [2.75, 3.05) is 5.75 Å². The zero-order chi connectivity index (χ0) is 15.5. The molecule has 0 saturated carbocycles. The highest BCUT2D eigenvalue weighted by Gasteiger charge is 2.29. The number of nitro groups is 2. The van der Waals surface area contributed by atoms with Gasteiger partial charge >= 0.3 is 0 Å². The fourth-order valence-corrected chi connectivity index (χ4v) is 2.63. The van der Waals surface area contributed by atoms with Crippen molar-refractivity contribution >= 4 is 23.1 Å². The maximum absolute atomic E-state index is 11.2. The van der Waals surface area contributed by atoms with Crippen LogP contribution in [-0.2, 0) is 5.41 Å². The second-order valence-corrected chi connectivity index (χ2v) is 6.56. The highest BCUT2D eigenvalue weighted by molar-refractivity contribution is 7.99. The Balaban J connectivity index is 3.55. The van der Waals surface area contributed by atoms with Crippen LogP contribution in [0, 0.1) is 20.2 Å². The van der Waals surface area contributed by atoms with Crippen LogP contribution in [0.5, 0.6) is 0 Å². The molecule has 0 bridgehead atoms. The Morgan fingerprint density at radius 2 is 1.55 bits per heavy atom. The molecule has 0 amide bonds. The first kappa shape index (κ1) is 16.4. The lowest BCUT2D eigenvalue weighted by atomic mass is 9.86. The quantitative estimate of drug-likeness (QED) is 0.459. The fourth-order valence-electron chi connectivity index (χ4n) is 1.65. The predicted octanol–water partition coefficient (Wildman–Crippen LogP) is 4.30. The summed E-state index contributed by atoms with van der Waals surface area (Å²) < 4.78 is 0. The number of rotatable bonds is 5. The van der Waals surface area contributed by atoms with Crippen molar-refractivity contribution in [3.05, 3.63) is 37.9 Å². The van der Waals surface area contributed by atoms with E-state index in [1.165, 1.54) is 23.9 Å². The number of hydrogen-bond donors (Lipinski definition) is 0. The van der Waals surface area contributed by atoms with Crippen LogP contribution in [0.25, 0.3) is 0 Å². The van der Waals surface area contributed by atoms with Gasteiger partial charge in [-0.05, 0) is 23.2 Å². The zero-order valence-corrected chi connectivity index (χ0v) is 12.8. The Bertz CT molecular complexity index is 503. The average Bonchev–Trinajstić information content (AvgIpc) is 2.33. The summed E-state index contributed by atoms with van der Waals surface area (Å²) >= 11 is 1.17. The van der Waals surface area contributed by atoms with E-state index in [4.69, 9.17) is 0 Å². The van der Waals surface area contributed by atoms with Crippen LogP contribution in [0.1, 0.15) is 39.7 Å². The van der Waals surface area contributed by atoms with Crippen molar-refractivity contribution in [2.24, 2.45) is 0 Å². The molecule has 7 heteroatoms. The summed E-state index contributed by atoms with van der Waals surface area (Å²) in [7, 11) is 0. The van der Waals surface area contributed by atoms with Crippen molar-refractivity contribution in [1.82, 2.24) is 0 Å². The van der Waals surface area contributed by atoms with E-state index in [0.717, 1.165) is 6.42 Å². The third kappa shape index (κ3) is 3.69. The molecule has 0 radical (unpaired) electrons. The number of nitrogens with zero attached hydrogens (tertiary/aromatic N) is 2. The van der Waals surface area contributed by atoms with Crippen molar-refractivity contribution in [3.63, 3.8) is 0 Å². The second kappa shape index (κ2) is 6.21. The summed E-state index contributed by atoms with van der Waals surface area (Å²) in [5.74, 6) is 0.608. The molecule has 6 nitrogen and oxygen atoms in total. The van der Waals surface area contributed by atoms with Crippen molar-refractivity contribution < 1.29 is 9.85 Å². The third-order valence-corrected chi connectivity index (χ3v) is 4.08.